The van der Waals surface area contributed by atoms with Crippen LogP contribution in [0.25, 0.3) is 0 Å². The molecule has 0 bridgehead atoms. The number of halogens is 3. The maximum Gasteiger partial charge on any atom is 0.471 e. The van der Waals surface area contributed by atoms with Gasteiger partial charge in [-0.1, -0.05) is 48.5 Å². The molecule has 0 heterocycles. The standard InChI is InChI=1S/C10H19F3N2O.2C2H6/c1-9(2,3)7(14-4)6-15(5)8(16)10(11,12)13;2*1-2/h7,14H,6H2,1-5H3;2*1-2H3. The SMILES string of the molecule is CC.CC.CNC(CN(C)C(=O)C(F)(F)F)C(C)(C)C. The predicted octanol–water partition coefficient (Wildman–Crippen LogP) is 3.69. The lowest BCUT2D eigenvalue weighted by Crippen LogP contribution is -2.50. The third kappa shape index (κ3) is 10.1. The van der Waals surface area contributed by atoms with Crippen LogP contribution in [-0.2, 0) is 4.79 Å². The van der Waals surface area contributed by atoms with Crippen LogP contribution in [0.3, 0.4) is 0 Å². The van der Waals surface area contributed by atoms with E-state index in [2.05, 4.69) is 5.32 Å². The highest BCUT2D eigenvalue weighted by Gasteiger charge is 2.42. The molecule has 0 aromatic heterocycles. The van der Waals surface area contributed by atoms with Crippen LogP contribution in [0.15, 0.2) is 0 Å². The first-order valence-corrected chi connectivity index (χ1v) is 6.99. The third-order valence-corrected chi connectivity index (χ3v) is 2.44. The normalized spacial score (nSPS) is 12.4. The average molecular weight is 300 g/mol. The molecule has 20 heavy (non-hydrogen) atoms. The molecule has 0 aliphatic heterocycles. The summed E-state index contributed by atoms with van der Waals surface area (Å²) in [5, 5.41) is 2.92. The maximum absolute atomic E-state index is 12.1. The number of likely N-dealkylation sites (N-methyl/N-ethyl adjacent to an activating group) is 2. The minimum absolute atomic E-state index is 0.0261. The minimum atomic E-state index is -4.80. The molecular weight excluding hydrogens is 269 g/mol. The Balaban J connectivity index is -0.000000656. The van der Waals surface area contributed by atoms with Crippen molar-refractivity contribution >= 4 is 5.91 Å². The van der Waals surface area contributed by atoms with E-state index in [4.69, 9.17) is 0 Å². The van der Waals surface area contributed by atoms with Crippen molar-refractivity contribution in [2.45, 2.75) is 60.7 Å². The lowest BCUT2D eigenvalue weighted by molar-refractivity contribution is -0.184. The van der Waals surface area contributed by atoms with E-state index in [0.29, 0.717) is 4.90 Å². The van der Waals surface area contributed by atoms with Crippen molar-refractivity contribution in [1.29, 1.82) is 0 Å². The van der Waals surface area contributed by atoms with E-state index in [1.165, 1.54) is 0 Å². The average Bonchev–Trinajstić information content (AvgIpc) is 2.37. The summed E-state index contributed by atoms with van der Waals surface area (Å²) in [6.45, 7) is 13.7. The van der Waals surface area contributed by atoms with E-state index in [1.54, 1.807) is 7.05 Å². The van der Waals surface area contributed by atoms with Gasteiger partial charge in [-0.05, 0) is 12.5 Å². The van der Waals surface area contributed by atoms with Crippen molar-refractivity contribution < 1.29 is 18.0 Å². The quantitative estimate of drug-likeness (QED) is 0.862. The molecule has 1 unspecified atom stereocenters. The first-order chi connectivity index (χ1) is 9.00. The molecule has 0 saturated carbocycles. The summed E-state index contributed by atoms with van der Waals surface area (Å²) < 4.78 is 36.4. The van der Waals surface area contributed by atoms with Crippen molar-refractivity contribution in [2.75, 3.05) is 20.6 Å². The number of alkyl halides is 3. The van der Waals surface area contributed by atoms with Crippen LogP contribution < -0.4 is 5.32 Å². The summed E-state index contributed by atoms with van der Waals surface area (Å²) in [5.74, 6) is -1.81. The number of hydrogen-bond acceptors (Lipinski definition) is 2. The Morgan fingerprint density at radius 3 is 1.65 bits per heavy atom. The zero-order chi connectivity index (χ0) is 17.1. The van der Waals surface area contributed by atoms with Crippen LogP contribution >= 0.6 is 0 Å². The Morgan fingerprint density at radius 2 is 1.45 bits per heavy atom. The van der Waals surface area contributed by atoms with Gasteiger partial charge < -0.3 is 10.2 Å². The van der Waals surface area contributed by atoms with E-state index in [0.717, 1.165) is 7.05 Å². The van der Waals surface area contributed by atoms with Gasteiger partial charge >= 0.3 is 12.1 Å². The van der Waals surface area contributed by atoms with Crippen molar-refractivity contribution in [3.05, 3.63) is 0 Å². The van der Waals surface area contributed by atoms with Crippen molar-refractivity contribution in [1.82, 2.24) is 10.2 Å². The summed E-state index contributed by atoms with van der Waals surface area (Å²) in [4.78, 5) is 11.6. The van der Waals surface area contributed by atoms with E-state index >= 15 is 0 Å². The number of carbonyl (C=O) groups is 1. The molecule has 0 saturated heterocycles. The van der Waals surface area contributed by atoms with Gasteiger partial charge in [0.25, 0.3) is 0 Å². The highest BCUT2D eigenvalue weighted by Crippen LogP contribution is 2.22. The van der Waals surface area contributed by atoms with Gasteiger partial charge in [0.05, 0.1) is 0 Å². The fourth-order valence-corrected chi connectivity index (χ4v) is 1.37. The highest BCUT2D eigenvalue weighted by molar-refractivity contribution is 5.81. The van der Waals surface area contributed by atoms with Gasteiger partial charge in [-0.15, -0.1) is 0 Å². The summed E-state index contributed by atoms with van der Waals surface area (Å²) in [5.41, 5.74) is -0.213. The van der Waals surface area contributed by atoms with Crippen molar-refractivity contribution in [3.63, 3.8) is 0 Å². The Morgan fingerprint density at radius 1 is 1.10 bits per heavy atom. The predicted molar refractivity (Wildman–Crippen MR) is 78.7 cm³/mol. The minimum Gasteiger partial charge on any atom is -0.336 e. The Bertz CT molecular complexity index is 248. The van der Waals surface area contributed by atoms with E-state index in [9.17, 15) is 18.0 Å². The molecule has 0 fully saturated rings. The largest absolute Gasteiger partial charge is 0.471 e. The second-order valence-corrected chi connectivity index (χ2v) is 4.89. The van der Waals surface area contributed by atoms with Crippen LogP contribution in [0.5, 0.6) is 0 Å². The molecule has 0 aromatic rings. The molecule has 0 spiro atoms. The maximum atomic E-state index is 12.1. The molecule has 1 amide bonds. The molecule has 0 aromatic carbocycles. The lowest BCUT2D eigenvalue weighted by atomic mass is 9.86. The molecule has 0 radical (unpaired) electrons. The van der Waals surface area contributed by atoms with Gasteiger partial charge in [-0.2, -0.15) is 13.2 Å². The van der Waals surface area contributed by atoms with Gasteiger partial charge in [0.15, 0.2) is 0 Å². The second kappa shape index (κ2) is 10.9. The fourth-order valence-electron chi connectivity index (χ4n) is 1.37. The van der Waals surface area contributed by atoms with Crippen LogP contribution in [-0.4, -0.2) is 43.7 Å². The number of rotatable bonds is 3. The number of nitrogens with zero attached hydrogens (tertiary/aromatic N) is 1. The summed E-state index contributed by atoms with van der Waals surface area (Å²) in [6.07, 6.45) is -4.80. The van der Waals surface area contributed by atoms with Crippen LogP contribution in [0.2, 0.25) is 0 Å². The first kappa shape index (κ1) is 24.3. The molecular formula is C14H31F3N2O. The van der Waals surface area contributed by atoms with Crippen LogP contribution in [0.1, 0.15) is 48.5 Å². The molecule has 0 rings (SSSR count). The molecule has 124 valence electrons. The van der Waals surface area contributed by atoms with E-state index in [-0.39, 0.29) is 18.0 Å². The summed E-state index contributed by atoms with van der Waals surface area (Å²) in [7, 11) is 2.83. The molecule has 0 aliphatic carbocycles. The molecule has 0 aliphatic rings. The fraction of sp³-hybridized carbons (Fsp3) is 0.929. The monoisotopic (exact) mass is 300 g/mol. The number of nitrogens with one attached hydrogen (secondary N) is 1. The number of carbonyl (C=O) groups excluding carboxylic acids is 1. The summed E-state index contributed by atoms with van der Waals surface area (Å²) >= 11 is 0. The lowest BCUT2D eigenvalue weighted by Gasteiger charge is -2.33. The van der Waals surface area contributed by atoms with Gasteiger partial charge in [-0.25, -0.2) is 0 Å². The highest BCUT2D eigenvalue weighted by atomic mass is 19.4. The topological polar surface area (TPSA) is 32.3 Å². The molecule has 1 atom stereocenters. The Hall–Kier alpha value is -0.780. The van der Waals surface area contributed by atoms with Gasteiger partial charge in [-0.3, -0.25) is 4.79 Å². The van der Waals surface area contributed by atoms with Gasteiger partial charge in [0.1, 0.15) is 0 Å². The van der Waals surface area contributed by atoms with Gasteiger partial charge in [0.2, 0.25) is 0 Å². The summed E-state index contributed by atoms with van der Waals surface area (Å²) in [6, 6.07) is -0.191. The second-order valence-electron chi connectivity index (χ2n) is 4.89. The number of hydrogen-bond donors (Lipinski definition) is 1. The zero-order valence-corrected chi connectivity index (χ0v) is 14.3. The van der Waals surface area contributed by atoms with Crippen molar-refractivity contribution in [2.24, 2.45) is 5.41 Å². The van der Waals surface area contributed by atoms with E-state index in [1.807, 2.05) is 48.5 Å². The Kier molecular flexibility index (Phi) is 13.3. The Labute approximate surface area is 121 Å². The van der Waals surface area contributed by atoms with Gasteiger partial charge in [0, 0.05) is 19.6 Å². The van der Waals surface area contributed by atoms with E-state index < -0.39 is 12.1 Å². The van der Waals surface area contributed by atoms with Crippen LogP contribution in [0, 0.1) is 5.41 Å². The molecule has 1 N–H and O–H groups in total. The third-order valence-electron chi connectivity index (χ3n) is 2.44. The zero-order valence-electron chi connectivity index (χ0n) is 14.3. The van der Waals surface area contributed by atoms with Crippen LogP contribution in [0.4, 0.5) is 13.2 Å². The smallest absolute Gasteiger partial charge is 0.336 e. The molecule has 3 nitrogen and oxygen atoms in total. The van der Waals surface area contributed by atoms with Crippen molar-refractivity contribution in [3.8, 4) is 0 Å². The molecule has 6 heteroatoms. The number of amides is 1. The first-order valence-electron chi connectivity index (χ1n) is 6.99.